The van der Waals surface area contributed by atoms with Crippen LogP contribution in [0.15, 0.2) is 36.4 Å². The third kappa shape index (κ3) is 3.08. The van der Waals surface area contributed by atoms with Crippen molar-refractivity contribution >= 4 is 11.6 Å². The van der Waals surface area contributed by atoms with Crippen LogP contribution in [0.5, 0.6) is 5.75 Å². The van der Waals surface area contributed by atoms with Crippen LogP contribution >= 0.6 is 11.6 Å². The molecule has 0 amide bonds. The van der Waals surface area contributed by atoms with Gasteiger partial charge in [-0.2, -0.15) is 5.26 Å². The molecule has 3 nitrogen and oxygen atoms in total. The van der Waals surface area contributed by atoms with Gasteiger partial charge in [0, 0.05) is 11.1 Å². The van der Waals surface area contributed by atoms with Crippen LogP contribution in [-0.2, 0) is 13.2 Å². The van der Waals surface area contributed by atoms with Crippen molar-refractivity contribution in [3.63, 3.8) is 0 Å². The molecule has 0 saturated heterocycles. The van der Waals surface area contributed by atoms with Crippen LogP contribution in [-0.4, -0.2) is 5.11 Å². The van der Waals surface area contributed by atoms with Gasteiger partial charge in [0.25, 0.3) is 0 Å². The molecule has 2 aromatic carbocycles. The van der Waals surface area contributed by atoms with Crippen LogP contribution in [0.25, 0.3) is 0 Å². The first-order chi connectivity index (χ1) is 9.65. The van der Waals surface area contributed by atoms with Gasteiger partial charge in [-0.05, 0) is 18.2 Å². The lowest BCUT2D eigenvalue weighted by Gasteiger charge is -2.12. The number of hydrogen-bond acceptors (Lipinski definition) is 3. The lowest BCUT2D eigenvalue weighted by atomic mass is 10.1. The zero-order chi connectivity index (χ0) is 14.5. The zero-order valence-electron chi connectivity index (χ0n) is 10.4. The second-order valence-electron chi connectivity index (χ2n) is 4.09. The Balaban J connectivity index is 2.19. The molecule has 0 unspecified atom stereocenters. The minimum absolute atomic E-state index is 0.0335. The molecule has 0 atom stereocenters. The van der Waals surface area contributed by atoms with Crippen molar-refractivity contribution in [3.8, 4) is 11.8 Å². The molecule has 20 heavy (non-hydrogen) atoms. The fourth-order valence-corrected chi connectivity index (χ4v) is 1.97. The molecular weight excluding hydrogens is 281 g/mol. The van der Waals surface area contributed by atoms with E-state index in [0.29, 0.717) is 21.9 Å². The van der Waals surface area contributed by atoms with Gasteiger partial charge in [-0.15, -0.1) is 0 Å². The van der Waals surface area contributed by atoms with E-state index in [9.17, 15) is 9.50 Å². The molecule has 0 heterocycles. The number of para-hydroxylation sites is 1. The Morgan fingerprint density at radius 2 is 2.05 bits per heavy atom. The van der Waals surface area contributed by atoms with E-state index in [-0.39, 0.29) is 18.8 Å². The van der Waals surface area contributed by atoms with Gasteiger partial charge in [-0.1, -0.05) is 29.8 Å². The maximum atomic E-state index is 13.7. The van der Waals surface area contributed by atoms with E-state index in [1.54, 1.807) is 18.2 Å². The lowest BCUT2D eigenvalue weighted by molar-refractivity contribution is 0.257. The van der Waals surface area contributed by atoms with Crippen molar-refractivity contribution in [2.45, 2.75) is 13.2 Å². The van der Waals surface area contributed by atoms with E-state index in [4.69, 9.17) is 21.6 Å². The lowest BCUT2D eigenvalue weighted by Crippen LogP contribution is -2.02. The summed E-state index contributed by atoms with van der Waals surface area (Å²) < 4.78 is 19.2. The summed E-state index contributed by atoms with van der Waals surface area (Å²) >= 11 is 5.99. The van der Waals surface area contributed by atoms with Crippen molar-refractivity contribution in [3.05, 3.63) is 63.9 Å². The van der Waals surface area contributed by atoms with Crippen LogP contribution in [0.1, 0.15) is 16.7 Å². The first-order valence-corrected chi connectivity index (χ1v) is 6.23. The number of halogens is 2. The van der Waals surface area contributed by atoms with Gasteiger partial charge in [0.2, 0.25) is 0 Å². The Bertz CT molecular complexity index is 667. The minimum Gasteiger partial charge on any atom is -0.487 e. The van der Waals surface area contributed by atoms with E-state index in [2.05, 4.69) is 0 Å². The normalized spacial score (nSPS) is 10.1. The summed E-state index contributed by atoms with van der Waals surface area (Å²) in [4.78, 5) is 0. The van der Waals surface area contributed by atoms with Crippen molar-refractivity contribution in [2.24, 2.45) is 0 Å². The largest absolute Gasteiger partial charge is 0.487 e. The number of aliphatic hydroxyl groups excluding tert-OH is 1. The molecule has 0 spiro atoms. The molecule has 5 heteroatoms. The van der Waals surface area contributed by atoms with Crippen molar-refractivity contribution in [1.82, 2.24) is 0 Å². The quantitative estimate of drug-likeness (QED) is 0.939. The van der Waals surface area contributed by atoms with Crippen molar-refractivity contribution in [2.75, 3.05) is 0 Å². The summed E-state index contributed by atoms with van der Waals surface area (Å²) in [5, 5.41) is 18.2. The average molecular weight is 292 g/mol. The highest BCUT2D eigenvalue weighted by molar-refractivity contribution is 6.32. The molecule has 0 bridgehead atoms. The van der Waals surface area contributed by atoms with Gasteiger partial charge in [0.1, 0.15) is 18.2 Å². The molecule has 0 fully saturated rings. The van der Waals surface area contributed by atoms with E-state index in [0.717, 1.165) is 6.07 Å². The molecule has 0 saturated carbocycles. The van der Waals surface area contributed by atoms with Crippen LogP contribution in [0.4, 0.5) is 4.39 Å². The summed E-state index contributed by atoms with van der Waals surface area (Å²) in [6.45, 7) is -0.250. The molecule has 1 N–H and O–H groups in total. The Hall–Kier alpha value is -2.09. The van der Waals surface area contributed by atoms with Gasteiger partial charge in [0.05, 0.1) is 23.3 Å². The summed E-state index contributed by atoms with van der Waals surface area (Å²) in [6.07, 6.45) is 0. The van der Waals surface area contributed by atoms with E-state index >= 15 is 0 Å². The first kappa shape index (κ1) is 14.3. The van der Waals surface area contributed by atoms with Gasteiger partial charge in [0.15, 0.2) is 0 Å². The Labute approximate surface area is 120 Å². The summed E-state index contributed by atoms with van der Waals surface area (Å²) in [7, 11) is 0. The second-order valence-corrected chi connectivity index (χ2v) is 4.50. The maximum absolute atomic E-state index is 13.7. The van der Waals surface area contributed by atoms with E-state index < -0.39 is 5.82 Å². The van der Waals surface area contributed by atoms with Gasteiger partial charge in [-0.3, -0.25) is 0 Å². The highest BCUT2D eigenvalue weighted by Crippen LogP contribution is 2.29. The topological polar surface area (TPSA) is 53.2 Å². The Kier molecular flexibility index (Phi) is 4.57. The number of ether oxygens (including phenoxy) is 1. The summed E-state index contributed by atoms with van der Waals surface area (Å²) in [6, 6.07) is 11.0. The molecule has 0 radical (unpaired) electrons. The number of benzene rings is 2. The van der Waals surface area contributed by atoms with Crippen LogP contribution in [0.2, 0.25) is 5.02 Å². The molecule has 0 aliphatic rings. The monoisotopic (exact) mass is 291 g/mol. The number of aliphatic hydroxyl groups is 1. The number of hydrogen-bond donors (Lipinski definition) is 1. The molecule has 0 aromatic heterocycles. The minimum atomic E-state index is -0.512. The zero-order valence-corrected chi connectivity index (χ0v) is 11.2. The maximum Gasteiger partial charge on any atom is 0.143 e. The molecule has 2 aromatic rings. The molecule has 0 aliphatic heterocycles. The van der Waals surface area contributed by atoms with Gasteiger partial charge < -0.3 is 9.84 Å². The van der Waals surface area contributed by atoms with E-state index in [1.165, 1.54) is 12.1 Å². The smallest absolute Gasteiger partial charge is 0.143 e. The molecule has 0 aliphatic carbocycles. The van der Waals surface area contributed by atoms with Crippen LogP contribution in [0.3, 0.4) is 0 Å². The molecule has 2 rings (SSSR count). The summed E-state index contributed by atoms with van der Waals surface area (Å²) in [5.41, 5.74) is 1.10. The first-order valence-electron chi connectivity index (χ1n) is 5.85. The highest BCUT2D eigenvalue weighted by atomic mass is 35.5. The van der Waals surface area contributed by atoms with Crippen LogP contribution in [0, 0.1) is 17.1 Å². The Morgan fingerprint density at radius 1 is 1.25 bits per heavy atom. The predicted octanol–water partition coefficient (Wildman–Crippen LogP) is 3.42. The number of nitrogens with zero attached hydrogens (tertiary/aromatic N) is 1. The standard InChI is InChI=1S/C15H11ClFNO2/c16-13-3-1-2-11(8-19)15(13)20-9-12-5-4-10(7-18)6-14(12)17/h1-6,19H,8-9H2. The summed E-state index contributed by atoms with van der Waals surface area (Å²) in [5.74, 6) is -0.179. The average Bonchev–Trinajstić information content (AvgIpc) is 2.46. The Morgan fingerprint density at radius 3 is 2.70 bits per heavy atom. The third-order valence-electron chi connectivity index (χ3n) is 2.77. The van der Waals surface area contributed by atoms with Gasteiger partial charge >= 0.3 is 0 Å². The SMILES string of the molecule is N#Cc1ccc(COc2c(Cl)cccc2CO)c(F)c1. The molecular formula is C15H11ClFNO2. The fourth-order valence-electron chi connectivity index (χ4n) is 1.72. The highest BCUT2D eigenvalue weighted by Gasteiger charge is 2.10. The van der Waals surface area contributed by atoms with Gasteiger partial charge in [-0.25, -0.2) is 4.39 Å². The van der Waals surface area contributed by atoms with Crippen molar-refractivity contribution < 1.29 is 14.2 Å². The van der Waals surface area contributed by atoms with E-state index in [1.807, 2.05) is 6.07 Å². The predicted molar refractivity (Wildman–Crippen MR) is 72.8 cm³/mol. The van der Waals surface area contributed by atoms with Crippen LogP contribution < -0.4 is 4.74 Å². The third-order valence-corrected chi connectivity index (χ3v) is 3.07. The van der Waals surface area contributed by atoms with Crippen molar-refractivity contribution in [1.29, 1.82) is 5.26 Å². The fraction of sp³-hybridized carbons (Fsp3) is 0.133. The number of nitriles is 1. The number of rotatable bonds is 4. The molecule has 102 valence electrons. The second kappa shape index (κ2) is 6.38.